The third-order valence-corrected chi connectivity index (χ3v) is 5.23. The van der Waals surface area contributed by atoms with Gasteiger partial charge in [-0.3, -0.25) is 9.69 Å². The Morgan fingerprint density at radius 2 is 1.71 bits per heavy atom. The first kappa shape index (κ1) is 16.8. The molecule has 0 radical (unpaired) electrons. The molecule has 1 saturated carbocycles. The van der Waals surface area contributed by atoms with Gasteiger partial charge in [-0.15, -0.1) is 0 Å². The van der Waals surface area contributed by atoms with Crippen molar-refractivity contribution in [2.75, 3.05) is 25.0 Å². The molecule has 3 rings (SSSR count). The summed E-state index contributed by atoms with van der Waals surface area (Å²) < 4.78 is 0. The van der Waals surface area contributed by atoms with Gasteiger partial charge in [0.25, 0.3) is 5.91 Å². The lowest BCUT2D eigenvalue weighted by molar-refractivity contribution is 0.0707. The molecule has 1 aromatic carbocycles. The Labute approximate surface area is 144 Å². The number of benzene rings is 1. The monoisotopic (exact) mass is 329 g/mol. The molecule has 5 nitrogen and oxygen atoms in total. The molecule has 1 N–H and O–H groups in total. The van der Waals surface area contributed by atoms with Crippen LogP contribution in [0.1, 0.15) is 55.3 Å². The highest BCUT2D eigenvalue weighted by Gasteiger charge is 2.23. The van der Waals surface area contributed by atoms with Crippen LogP contribution >= 0.6 is 0 Å². The molecule has 0 aromatic heterocycles. The molecule has 0 unspecified atom stereocenters. The van der Waals surface area contributed by atoms with Crippen molar-refractivity contribution in [2.24, 2.45) is 0 Å². The zero-order valence-corrected chi connectivity index (χ0v) is 14.5. The third-order valence-electron chi connectivity index (χ3n) is 5.23. The number of nitrogens with one attached hydrogen (secondary N) is 1. The first-order valence-electron chi connectivity index (χ1n) is 9.09. The van der Waals surface area contributed by atoms with Gasteiger partial charge in [0.05, 0.1) is 0 Å². The van der Waals surface area contributed by atoms with E-state index in [1.807, 2.05) is 36.2 Å². The molecular formula is C19H27N3O2. The predicted molar refractivity (Wildman–Crippen MR) is 95.4 cm³/mol. The minimum atomic E-state index is -0.0688. The number of hydrogen-bond donors (Lipinski definition) is 1. The van der Waals surface area contributed by atoms with Crippen molar-refractivity contribution >= 4 is 17.6 Å². The van der Waals surface area contributed by atoms with Crippen LogP contribution in [0.4, 0.5) is 10.5 Å². The average Bonchev–Trinajstić information content (AvgIpc) is 2.99. The molecule has 1 saturated heterocycles. The molecule has 3 amide bonds. The smallest absolute Gasteiger partial charge is 0.321 e. The van der Waals surface area contributed by atoms with Crippen LogP contribution in [-0.4, -0.2) is 43.0 Å². The van der Waals surface area contributed by atoms with Gasteiger partial charge in [0.15, 0.2) is 0 Å². The topological polar surface area (TPSA) is 52.7 Å². The summed E-state index contributed by atoms with van der Waals surface area (Å²) in [6, 6.07) is 7.68. The highest BCUT2D eigenvalue weighted by atomic mass is 16.2. The van der Waals surface area contributed by atoms with E-state index >= 15 is 0 Å². The summed E-state index contributed by atoms with van der Waals surface area (Å²) >= 11 is 0. The fourth-order valence-electron chi connectivity index (χ4n) is 3.69. The van der Waals surface area contributed by atoms with Gasteiger partial charge in [0.2, 0.25) is 0 Å². The highest BCUT2D eigenvalue weighted by molar-refractivity contribution is 5.97. The first-order valence-corrected chi connectivity index (χ1v) is 9.09. The van der Waals surface area contributed by atoms with Gasteiger partial charge in [-0.05, 0) is 37.1 Å². The Morgan fingerprint density at radius 3 is 2.29 bits per heavy atom. The number of rotatable bonds is 3. The summed E-state index contributed by atoms with van der Waals surface area (Å²) in [5.74, 6) is 0.0815. The number of hydrogen-bond acceptors (Lipinski definition) is 2. The molecule has 1 heterocycles. The molecule has 2 fully saturated rings. The number of carbonyl (C=O) groups is 2. The molecule has 2 aliphatic rings. The quantitative estimate of drug-likeness (QED) is 0.924. The van der Waals surface area contributed by atoms with E-state index in [0.717, 1.165) is 18.5 Å². The van der Waals surface area contributed by atoms with Gasteiger partial charge < -0.3 is 10.2 Å². The Bertz CT molecular complexity index is 577. The van der Waals surface area contributed by atoms with E-state index in [0.29, 0.717) is 24.7 Å². The summed E-state index contributed by atoms with van der Waals surface area (Å²) in [4.78, 5) is 28.1. The second-order valence-corrected chi connectivity index (χ2v) is 6.85. The van der Waals surface area contributed by atoms with Crippen LogP contribution in [0.5, 0.6) is 0 Å². The molecule has 130 valence electrons. The van der Waals surface area contributed by atoms with Crippen molar-refractivity contribution in [1.82, 2.24) is 10.2 Å². The largest absolute Gasteiger partial charge is 0.339 e. The first-order chi connectivity index (χ1) is 11.7. The van der Waals surface area contributed by atoms with Crippen LogP contribution in [0.2, 0.25) is 0 Å². The molecule has 0 bridgehead atoms. The Kier molecular flexibility index (Phi) is 5.38. The van der Waals surface area contributed by atoms with Crippen molar-refractivity contribution in [3.63, 3.8) is 0 Å². The van der Waals surface area contributed by atoms with Crippen molar-refractivity contribution in [3.8, 4) is 0 Å². The van der Waals surface area contributed by atoms with E-state index in [1.54, 1.807) is 4.90 Å². The second-order valence-electron chi connectivity index (χ2n) is 6.85. The normalized spacial score (nSPS) is 19.5. The number of urea groups is 1. The van der Waals surface area contributed by atoms with Crippen LogP contribution in [0.25, 0.3) is 0 Å². The molecule has 1 aliphatic carbocycles. The SMILES string of the molecule is CN(C(=O)c1ccc(N2CCNC2=O)cc1)C1CCCCCCC1. The summed E-state index contributed by atoms with van der Waals surface area (Å²) in [5.41, 5.74) is 1.54. The van der Waals surface area contributed by atoms with Crippen LogP contribution in [0.15, 0.2) is 24.3 Å². The number of amides is 3. The maximum Gasteiger partial charge on any atom is 0.321 e. The molecule has 5 heteroatoms. The summed E-state index contributed by atoms with van der Waals surface area (Å²) in [5, 5.41) is 2.79. The summed E-state index contributed by atoms with van der Waals surface area (Å²) in [6.45, 7) is 1.35. The van der Waals surface area contributed by atoms with Crippen LogP contribution in [0, 0.1) is 0 Å². The third kappa shape index (κ3) is 3.71. The fraction of sp³-hybridized carbons (Fsp3) is 0.579. The lowest BCUT2D eigenvalue weighted by Gasteiger charge is -2.30. The molecular weight excluding hydrogens is 302 g/mol. The van der Waals surface area contributed by atoms with Gasteiger partial charge in [-0.1, -0.05) is 32.1 Å². The van der Waals surface area contributed by atoms with Gasteiger partial charge in [-0.25, -0.2) is 4.79 Å². The van der Waals surface area contributed by atoms with Gasteiger partial charge in [0, 0.05) is 37.4 Å². The van der Waals surface area contributed by atoms with E-state index in [4.69, 9.17) is 0 Å². The fourth-order valence-corrected chi connectivity index (χ4v) is 3.69. The van der Waals surface area contributed by atoms with E-state index in [1.165, 1.54) is 32.1 Å². The van der Waals surface area contributed by atoms with E-state index in [2.05, 4.69) is 5.32 Å². The maximum atomic E-state index is 12.8. The number of anilines is 1. The predicted octanol–water partition coefficient (Wildman–Crippen LogP) is 3.40. The van der Waals surface area contributed by atoms with E-state index < -0.39 is 0 Å². The van der Waals surface area contributed by atoms with Crippen molar-refractivity contribution in [3.05, 3.63) is 29.8 Å². The maximum absolute atomic E-state index is 12.8. The zero-order valence-electron chi connectivity index (χ0n) is 14.5. The average molecular weight is 329 g/mol. The van der Waals surface area contributed by atoms with Crippen LogP contribution in [-0.2, 0) is 0 Å². The summed E-state index contributed by atoms with van der Waals surface area (Å²) in [6.07, 6.45) is 8.53. The molecule has 24 heavy (non-hydrogen) atoms. The molecule has 0 spiro atoms. The van der Waals surface area contributed by atoms with E-state index in [9.17, 15) is 9.59 Å². The van der Waals surface area contributed by atoms with Gasteiger partial charge in [0.1, 0.15) is 0 Å². The van der Waals surface area contributed by atoms with Crippen molar-refractivity contribution in [2.45, 2.75) is 51.0 Å². The Balaban J connectivity index is 1.66. The number of carbonyl (C=O) groups excluding carboxylic acids is 2. The molecule has 1 aliphatic heterocycles. The van der Waals surface area contributed by atoms with Crippen molar-refractivity contribution < 1.29 is 9.59 Å². The summed E-state index contributed by atoms with van der Waals surface area (Å²) in [7, 11) is 1.93. The minimum absolute atomic E-state index is 0.0688. The number of nitrogens with zero attached hydrogens (tertiary/aromatic N) is 2. The molecule has 0 atom stereocenters. The second kappa shape index (κ2) is 7.69. The lowest BCUT2D eigenvalue weighted by Crippen LogP contribution is -2.37. The minimum Gasteiger partial charge on any atom is -0.339 e. The van der Waals surface area contributed by atoms with E-state index in [-0.39, 0.29) is 11.9 Å². The van der Waals surface area contributed by atoms with Gasteiger partial charge >= 0.3 is 6.03 Å². The Morgan fingerprint density at radius 1 is 1.08 bits per heavy atom. The standard InChI is InChI=1S/C19H27N3O2/c1-21(16-7-5-3-2-4-6-8-16)18(23)15-9-11-17(12-10-15)22-14-13-20-19(22)24/h9-12,16H,2-8,13-14H2,1H3,(H,20,24). The Hall–Kier alpha value is -2.04. The van der Waals surface area contributed by atoms with Crippen molar-refractivity contribution in [1.29, 1.82) is 0 Å². The molecule has 1 aromatic rings. The van der Waals surface area contributed by atoms with Crippen LogP contribution in [0.3, 0.4) is 0 Å². The van der Waals surface area contributed by atoms with Crippen LogP contribution < -0.4 is 10.2 Å². The highest BCUT2D eigenvalue weighted by Crippen LogP contribution is 2.23. The lowest BCUT2D eigenvalue weighted by atomic mass is 9.95. The zero-order chi connectivity index (χ0) is 16.9. The van der Waals surface area contributed by atoms with Gasteiger partial charge in [-0.2, -0.15) is 0 Å².